The molecule has 0 amide bonds. The maximum absolute atomic E-state index is 13.0. The molecule has 1 aromatic carbocycles. The zero-order valence-corrected chi connectivity index (χ0v) is 10.5. The third-order valence-corrected chi connectivity index (χ3v) is 2.70. The van der Waals surface area contributed by atoms with Gasteiger partial charge in [-0.3, -0.25) is 0 Å². The molecule has 0 bridgehead atoms. The first-order valence-electron chi connectivity index (χ1n) is 6.00. The molecule has 0 aliphatic rings. The van der Waals surface area contributed by atoms with E-state index in [0.29, 0.717) is 6.54 Å². The van der Waals surface area contributed by atoms with Crippen molar-refractivity contribution in [2.45, 2.75) is 26.4 Å². The number of hydrogen-bond donors (Lipinski definition) is 1. The van der Waals surface area contributed by atoms with E-state index in [9.17, 15) is 13.2 Å². The lowest BCUT2D eigenvalue weighted by Gasteiger charge is -2.09. The van der Waals surface area contributed by atoms with Crippen molar-refractivity contribution in [1.29, 1.82) is 0 Å². The first-order valence-corrected chi connectivity index (χ1v) is 6.00. The number of benzene rings is 1. The van der Waals surface area contributed by atoms with Crippen molar-refractivity contribution >= 4 is 5.69 Å². The summed E-state index contributed by atoms with van der Waals surface area (Å²) in [6.45, 7) is 3.18. The molecule has 0 aliphatic carbocycles. The molecular weight excluding hydrogens is 255 g/mol. The second-order valence-electron chi connectivity index (χ2n) is 4.14. The van der Waals surface area contributed by atoms with Gasteiger partial charge in [-0.1, -0.05) is 6.92 Å². The molecule has 3 nitrogen and oxygen atoms in total. The Balaban J connectivity index is 2.08. The van der Waals surface area contributed by atoms with Crippen LogP contribution in [0.3, 0.4) is 0 Å². The van der Waals surface area contributed by atoms with Crippen LogP contribution in [0.15, 0.2) is 24.5 Å². The summed E-state index contributed by atoms with van der Waals surface area (Å²) in [5.41, 5.74) is 0.183. The van der Waals surface area contributed by atoms with E-state index in [1.165, 1.54) is 0 Å². The summed E-state index contributed by atoms with van der Waals surface area (Å²) < 4.78 is 40.8. The standard InChI is InChI=1S/C13H14F3N3/c1-2-4-19-5-3-17-12(19)8-18-9-6-10(14)13(16)11(15)7-9/h3,5-7,18H,2,4,8H2,1H3. The summed E-state index contributed by atoms with van der Waals surface area (Å²) >= 11 is 0. The van der Waals surface area contributed by atoms with Crippen molar-refractivity contribution in [3.8, 4) is 0 Å². The van der Waals surface area contributed by atoms with Gasteiger partial charge in [0.05, 0.1) is 6.54 Å². The molecule has 0 saturated carbocycles. The molecule has 1 heterocycles. The third-order valence-electron chi connectivity index (χ3n) is 2.70. The summed E-state index contributed by atoms with van der Waals surface area (Å²) in [5, 5.41) is 2.82. The lowest BCUT2D eigenvalue weighted by Crippen LogP contribution is -2.09. The van der Waals surface area contributed by atoms with Gasteiger partial charge in [0.1, 0.15) is 5.82 Å². The van der Waals surface area contributed by atoms with Crippen LogP contribution >= 0.6 is 0 Å². The number of hydrogen-bond acceptors (Lipinski definition) is 2. The van der Waals surface area contributed by atoms with Crippen LogP contribution in [-0.4, -0.2) is 9.55 Å². The molecule has 102 valence electrons. The number of aryl methyl sites for hydroxylation is 1. The highest BCUT2D eigenvalue weighted by molar-refractivity contribution is 5.44. The predicted octanol–water partition coefficient (Wildman–Crippen LogP) is 3.32. The van der Waals surface area contributed by atoms with E-state index in [1.54, 1.807) is 6.20 Å². The molecule has 0 spiro atoms. The quantitative estimate of drug-likeness (QED) is 0.844. The van der Waals surface area contributed by atoms with Crippen LogP contribution in [0.1, 0.15) is 19.2 Å². The van der Waals surface area contributed by atoms with Gasteiger partial charge in [0.2, 0.25) is 0 Å². The van der Waals surface area contributed by atoms with Gasteiger partial charge < -0.3 is 9.88 Å². The summed E-state index contributed by atoms with van der Waals surface area (Å²) in [5.74, 6) is -3.12. The Morgan fingerprint density at radius 3 is 2.53 bits per heavy atom. The molecule has 0 atom stereocenters. The van der Waals surface area contributed by atoms with Crippen molar-refractivity contribution in [3.05, 3.63) is 47.8 Å². The summed E-state index contributed by atoms with van der Waals surface area (Å²) in [4.78, 5) is 4.15. The first kappa shape index (κ1) is 13.5. The Hall–Kier alpha value is -1.98. The maximum atomic E-state index is 13.0. The minimum absolute atomic E-state index is 0.183. The Kier molecular flexibility index (Phi) is 4.09. The predicted molar refractivity (Wildman–Crippen MR) is 66.2 cm³/mol. The van der Waals surface area contributed by atoms with Crippen LogP contribution in [0.4, 0.5) is 18.9 Å². The minimum Gasteiger partial charge on any atom is -0.378 e. The normalized spacial score (nSPS) is 10.7. The molecule has 2 aromatic rings. The lowest BCUT2D eigenvalue weighted by atomic mass is 10.3. The Morgan fingerprint density at radius 1 is 1.21 bits per heavy atom. The molecule has 0 saturated heterocycles. The van der Waals surface area contributed by atoms with Crippen LogP contribution in [0.5, 0.6) is 0 Å². The topological polar surface area (TPSA) is 29.9 Å². The highest BCUT2D eigenvalue weighted by Gasteiger charge is 2.10. The molecule has 0 fully saturated rings. The number of nitrogens with zero attached hydrogens (tertiary/aromatic N) is 2. The van der Waals surface area contributed by atoms with Gasteiger partial charge in [0.15, 0.2) is 17.5 Å². The Bertz CT molecular complexity index is 543. The van der Waals surface area contributed by atoms with E-state index in [1.807, 2.05) is 17.7 Å². The first-order chi connectivity index (χ1) is 9.11. The smallest absolute Gasteiger partial charge is 0.194 e. The number of nitrogens with one attached hydrogen (secondary N) is 1. The van der Waals surface area contributed by atoms with Crippen molar-refractivity contribution in [1.82, 2.24) is 9.55 Å². The number of anilines is 1. The highest BCUT2D eigenvalue weighted by Crippen LogP contribution is 2.17. The zero-order chi connectivity index (χ0) is 13.8. The fraction of sp³-hybridized carbons (Fsp3) is 0.308. The monoisotopic (exact) mass is 269 g/mol. The van der Waals surface area contributed by atoms with Crippen molar-refractivity contribution in [3.63, 3.8) is 0 Å². The van der Waals surface area contributed by atoms with Gasteiger partial charge in [-0.05, 0) is 6.42 Å². The molecule has 0 aliphatic heterocycles. The highest BCUT2D eigenvalue weighted by atomic mass is 19.2. The molecule has 1 N–H and O–H groups in total. The van der Waals surface area contributed by atoms with Crippen LogP contribution in [0.25, 0.3) is 0 Å². The SMILES string of the molecule is CCCn1ccnc1CNc1cc(F)c(F)c(F)c1. The van der Waals surface area contributed by atoms with E-state index >= 15 is 0 Å². The van der Waals surface area contributed by atoms with Crippen LogP contribution in [0.2, 0.25) is 0 Å². The Morgan fingerprint density at radius 2 is 1.89 bits per heavy atom. The van der Waals surface area contributed by atoms with E-state index in [0.717, 1.165) is 30.9 Å². The van der Waals surface area contributed by atoms with E-state index in [-0.39, 0.29) is 5.69 Å². The minimum atomic E-state index is -1.46. The molecule has 2 rings (SSSR count). The molecule has 1 aromatic heterocycles. The van der Waals surface area contributed by atoms with Gasteiger partial charge >= 0.3 is 0 Å². The molecule has 0 radical (unpaired) electrons. The van der Waals surface area contributed by atoms with Gasteiger partial charge in [0.25, 0.3) is 0 Å². The average Bonchev–Trinajstić information content (AvgIpc) is 2.81. The summed E-state index contributed by atoms with van der Waals surface area (Å²) in [6, 6.07) is 1.84. The van der Waals surface area contributed by atoms with Crippen LogP contribution in [-0.2, 0) is 13.1 Å². The number of aromatic nitrogens is 2. The maximum Gasteiger partial charge on any atom is 0.194 e. The van der Waals surface area contributed by atoms with Gasteiger partial charge in [0, 0.05) is 36.8 Å². The lowest BCUT2D eigenvalue weighted by molar-refractivity contribution is 0.447. The second kappa shape index (κ2) is 5.77. The molecule has 19 heavy (non-hydrogen) atoms. The number of rotatable bonds is 5. The fourth-order valence-electron chi connectivity index (χ4n) is 1.79. The van der Waals surface area contributed by atoms with Crippen molar-refractivity contribution in [2.75, 3.05) is 5.32 Å². The van der Waals surface area contributed by atoms with E-state index in [2.05, 4.69) is 10.3 Å². The fourth-order valence-corrected chi connectivity index (χ4v) is 1.79. The zero-order valence-electron chi connectivity index (χ0n) is 10.5. The van der Waals surface area contributed by atoms with Gasteiger partial charge in [-0.15, -0.1) is 0 Å². The molecule has 0 unspecified atom stereocenters. The van der Waals surface area contributed by atoms with Crippen molar-refractivity contribution in [2.24, 2.45) is 0 Å². The molecule has 6 heteroatoms. The van der Waals surface area contributed by atoms with E-state index < -0.39 is 17.5 Å². The summed E-state index contributed by atoms with van der Waals surface area (Å²) in [7, 11) is 0. The summed E-state index contributed by atoms with van der Waals surface area (Å²) in [6.07, 6.45) is 4.47. The van der Waals surface area contributed by atoms with E-state index in [4.69, 9.17) is 0 Å². The van der Waals surface area contributed by atoms with Crippen molar-refractivity contribution < 1.29 is 13.2 Å². The Labute approximate surface area is 109 Å². The van der Waals surface area contributed by atoms with Gasteiger partial charge in [-0.2, -0.15) is 0 Å². The average molecular weight is 269 g/mol. The van der Waals surface area contributed by atoms with Crippen LogP contribution in [0, 0.1) is 17.5 Å². The molecular formula is C13H14F3N3. The second-order valence-corrected chi connectivity index (χ2v) is 4.14. The van der Waals surface area contributed by atoms with Crippen LogP contribution < -0.4 is 5.32 Å². The largest absolute Gasteiger partial charge is 0.378 e. The number of halogens is 3. The third kappa shape index (κ3) is 3.07. The van der Waals surface area contributed by atoms with Gasteiger partial charge in [-0.25, -0.2) is 18.2 Å². The number of imidazole rings is 1.